The molecular formula is C13H19BrN2. The summed E-state index contributed by atoms with van der Waals surface area (Å²) in [4.78, 5) is 2.50. The summed E-state index contributed by atoms with van der Waals surface area (Å²) in [6.07, 6.45) is 1.30. The number of aryl methyl sites for hydroxylation is 1. The lowest BCUT2D eigenvalue weighted by Crippen LogP contribution is -2.24. The minimum absolute atomic E-state index is 0.795. The Kier molecular flexibility index (Phi) is 3.87. The van der Waals surface area contributed by atoms with Gasteiger partial charge in [-0.05, 0) is 50.6 Å². The van der Waals surface area contributed by atoms with E-state index in [-0.39, 0.29) is 0 Å². The van der Waals surface area contributed by atoms with Crippen LogP contribution in [0.2, 0.25) is 0 Å². The number of hydrogen-bond donors (Lipinski definition) is 1. The first kappa shape index (κ1) is 11.9. The van der Waals surface area contributed by atoms with Gasteiger partial charge in [0.2, 0.25) is 0 Å². The lowest BCUT2D eigenvalue weighted by atomic mass is 10.1. The van der Waals surface area contributed by atoms with Gasteiger partial charge in [0.25, 0.3) is 0 Å². The van der Waals surface area contributed by atoms with E-state index in [1.807, 2.05) is 7.05 Å². The van der Waals surface area contributed by atoms with Crippen molar-refractivity contribution in [1.29, 1.82) is 0 Å². The van der Waals surface area contributed by atoms with Crippen LogP contribution in [0.15, 0.2) is 22.7 Å². The Balaban J connectivity index is 2.11. The molecule has 2 rings (SSSR count). The van der Waals surface area contributed by atoms with Gasteiger partial charge in [-0.3, -0.25) is 0 Å². The van der Waals surface area contributed by atoms with Gasteiger partial charge in [0.1, 0.15) is 0 Å². The fraction of sp³-hybridized carbons (Fsp3) is 0.538. The highest BCUT2D eigenvalue weighted by Gasteiger charge is 2.22. The fourth-order valence-corrected chi connectivity index (χ4v) is 2.78. The molecule has 1 N–H and O–H groups in total. The molecule has 1 aromatic carbocycles. The molecule has 0 bridgehead atoms. The van der Waals surface area contributed by atoms with E-state index < -0.39 is 0 Å². The van der Waals surface area contributed by atoms with Crippen molar-refractivity contribution >= 4 is 21.6 Å². The van der Waals surface area contributed by atoms with E-state index in [0.717, 1.165) is 12.5 Å². The summed E-state index contributed by atoms with van der Waals surface area (Å²) in [6.45, 7) is 5.68. The minimum Gasteiger partial charge on any atom is -0.371 e. The van der Waals surface area contributed by atoms with Crippen molar-refractivity contribution < 1.29 is 0 Å². The molecule has 0 saturated carbocycles. The Morgan fingerprint density at radius 2 is 2.31 bits per heavy atom. The van der Waals surface area contributed by atoms with Crippen LogP contribution in [0, 0.1) is 12.8 Å². The monoisotopic (exact) mass is 282 g/mol. The molecule has 2 nitrogen and oxygen atoms in total. The molecule has 3 heteroatoms. The highest BCUT2D eigenvalue weighted by atomic mass is 79.9. The Labute approximate surface area is 106 Å². The molecule has 1 atom stereocenters. The summed E-state index contributed by atoms with van der Waals surface area (Å²) in [5.74, 6) is 0.795. The highest BCUT2D eigenvalue weighted by molar-refractivity contribution is 9.10. The summed E-state index contributed by atoms with van der Waals surface area (Å²) in [5.41, 5.74) is 2.75. The predicted octanol–water partition coefficient (Wildman–Crippen LogP) is 2.80. The third-order valence-electron chi connectivity index (χ3n) is 3.29. The Bertz CT molecular complexity index is 365. The first-order valence-corrected chi connectivity index (χ1v) is 6.65. The standard InChI is InChI=1S/C13H19BrN2/c1-10-3-4-12(14)7-13(10)16-6-5-11(9-16)8-15-2/h3-4,7,11,15H,5-6,8-9H2,1-2H3. The first-order chi connectivity index (χ1) is 7.70. The molecule has 0 amide bonds. The second-order valence-corrected chi connectivity index (χ2v) is 5.50. The van der Waals surface area contributed by atoms with Gasteiger partial charge in [-0.15, -0.1) is 0 Å². The molecule has 1 heterocycles. The molecule has 1 aliphatic heterocycles. The van der Waals surface area contributed by atoms with Crippen molar-refractivity contribution in [1.82, 2.24) is 5.32 Å². The molecule has 0 aromatic heterocycles. The predicted molar refractivity (Wildman–Crippen MR) is 73.1 cm³/mol. The Morgan fingerprint density at radius 3 is 3.06 bits per heavy atom. The smallest absolute Gasteiger partial charge is 0.0407 e. The van der Waals surface area contributed by atoms with E-state index in [9.17, 15) is 0 Å². The molecule has 1 aromatic rings. The first-order valence-electron chi connectivity index (χ1n) is 5.86. The molecule has 16 heavy (non-hydrogen) atoms. The lowest BCUT2D eigenvalue weighted by Gasteiger charge is -2.21. The molecule has 0 radical (unpaired) electrons. The SMILES string of the molecule is CNCC1CCN(c2cc(Br)ccc2C)C1. The van der Waals surface area contributed by atoms with Gasteiger partial charge < -0.3 is 10.2 Å². The number of rotatable bonds is 3. The molecular weight excluding hydrogens is 264 g/mol. The van der Waals surface area contributed by atoms with Crippen LogP contribution in [0.4, 0.5) is 5.69 Å². The number of hydrogen-bond acceptors (Lipinski definition) is 2. The zero-order valence-electron chi connectivity index (χ0n) is 9.96. The van der Waals surface area contributed by atoms with E-state index in [1.54, 1.807) is 0 Å². The summed E-state index contributed by atoms with van der Waals surface area (Å²) in [6, 6.07) is 6.53. The van der Waals surface area contributed by atoms with E-state index in [1.165, 1.54) is 35.2 Å². The largest absolute Gasteiger partial charge is 0.371 e. The quantitative estimate of drug-likeness (QED) is 0.917. The van der Waals surface area contributed by atoms with Crippen molar-refractivity contribution in [3.63, 3.8) is 0 Å². The second-order valence-electron chi connectivity index (χ2n) is 4.59. The average Bonchev–Trinajstić information content (AvgIpc) is 2.71. The summed E-state index contributed by atoms with van der Waals surface area (Å²) >= 11 is 3.55. The third kappa shape index (κ3) is 2.58. The molecule has 88 valence electrons. The molecule has 1 fully saturated rings. The number of benzene rings is 1. The maximum absolute atomic E-state index is 3.55. The van der Waals surface area contributed by atoms with Crippen LogP contribution >= 0.6 is 15.9 Å². The van der Waals surface area contributed by atoms with Gasteiger partial charge >= 0.3 is 0 Å². The number of halogens is 1. The number of nitrogens with one attached hydrogen (secondary N) is 1. The van der Waals surface area contributed by atoms with Gasteiger partial charge in [0.05, 0.1) is 0 Å². The van der Waals surface area contributed by atoms with Crippen molar-refractivity contribution in [3.8, 4) is 0 Å². The van der Waals surface area contributed by atoms with Gasteiger partial charge in [0.15, 0.2) is 0 Å². The number of nitrogens with zero attached hydrogens (tertiary/aromatic N) is 1. The maximum atomic E-state index is 3.55. The van der Waals surface area contributed by atoms with Crippen LogP contribution in [-0.2, 0) is 0 Å². The normalized spacial score (nSPS) is 20.4. The van der Waals surface area contributed by atoms with Crippen LogP contribution in [0.1, 0.15) is 12.0 Å². The zero-order valence-corrected chi connectivity index (χ0v) is 11.5. The van der Waals surface area contributed by atoms with E-state index in [0.29, 0.717) is 0 Å². The lowest BCUT2D eigenvalue weighted by molar-refractivity contribution is 0.549. The van der Waals surface area contributed by atoms with E-state index >= 15 is 0 Å². The number of anilines is 1. The van der Waals surface area contributed by atoms with Crippen molar-refractivity contribution in [2.24, 2.45) is 5.92 Å². The summed E-state index contributed by atoms with van der Waals surface area (Å²) in [5, 5.41) is 3.27. The Morgan fingerprint density at radius 1 is 1.50 bits per heavy atom. The zero-order chi connectivity index (χ0) is 11.5. The summed E-state index contributed by atoms with van der Waals surface area (Å²) < 4.78 is 1.17. The van der Waals surface area contributed by atoms with Crippen LogP contribution in [0.25, 0.3) is 0 Å². The van der Waals surface area contributed by atoms with Crippen molar-refractivity contribution in [2.45, 2.75) is 13.3 Å². The third-order valence-corrected chi connectivity index (χ3v) is 3.78. The van der Waals surface area contributed by atoms with E-state index in [4.69, 9.17) is 0 Å². The van der Waals surface area contributed by atoms with Gasteiger partial charge in [-0.25, -0.2) is 0 Å². The highest BCUT2D eigenvalue weighted by Crippen LogP contribution is 2.29. The Hall–Kier alpha value is -0.540. The van der Waals surface area contributed by atoms with Crippen LogP contribution in [0.3, 0.4) is 0 Å². The second kappa shape index (κ2) is 5.19. The van der Waals surface area contributed by atoms with Crippen LogP contribution in [0.5, 0.6) is 0 Å². The average molecular weight is 283 g/mol. The van der Waals surface area contributed by atoms with Crippen LogP contribution in [-0.4, -0.2) is 26.7 Å². The molecule has 1 aliphatic rings. The topological polar surface area (TPSA) is 15.3 Å². The van der Waals surface area contributed by atoms with Crippen LogP contribution < -0.4 is 10.2 Å². The maximum Gasteiger partial charge on any atom is 0.0407 e. The van der Waals surface area contributed by atoms with E-state index in [2.05, 4.69) is 51.3 Å². The molecule has 1 saturated heterocycles. The summed E-state index contributed by atoms with van der Waals surface area (Å²) in [7, 11) is 2.03. The molecule has 0 spiro atoms. The van der Waals surface area contributed by atoms with Gasteiger partial charge in [-0.2, -0.15) is 0 Å². The van der Waals surface area contributed by atoms with Crippen molar-refractivity contribution in [2.75, 3.05) is 31.6 Å². The molecule has 0 aliphatic carbocycles. The minimum atomic E-state index is 0.795. The van der Waals surface area contributed by atoms with Crippen molar-refractivity contribution in [3.05, 3.63) is 28.2 Å². The fourth-order valence-electron chi connectivity index (χ4n) is 2.43. The van der Waals surface area contributed by atoms with Gasteiger partial charge in [0, 0.05) is 23.2 Å². The van der Waals surface area contributed by atoms with Gasteiger partial charge in [-0.1, -0.05) is 22.0 Å². The molecule has 1 unspecified atom stereocenters.